The molecule has 0 saturated heterocycles. The molecule has 0 aliphatic heterocycles. The van der Waals surface area contributed by atoms with E-state index < -0.39 is 10.8 Å². The van der Waals surface area contributed by atoms with Crippen molar-refractivity contribution in [2.75, 3.05) is 26.7 Å². The highest BCUT2D eigenvalue weighted by atomic mass is 32.2. The second-order valence-electron chi connectivity index (χ2n) is 3.20. The number of methoxy groups -OCH3 is 2. The average molecular weight is 272 g/mol. The Labute approximate surface area is 109 Å². The summed E-state index contributed by atoms with van der Waals surface area (Å²) >= 11 is 1.47. The zero-order valence-electron chi connectivity index (χ0n) is 10.4. The average Bonchev–Trinajstić information content (AvgIpc) is 2.34. The Bertz CT molecular complexity index is 441. The van der Waals surface area contributed by atoms with Crippen molar-refractivity contribution >= 4 is 28.6 Å². The molecular weight excluding hydrogens is 256 g/mol. The predicted octanol–water partition coefficient (Wildman–Crippen LogP) is 2.74. The molecule has 5 heteroatoms. The van der Waals surface area contributed by atoms with Crippen molar-refractivity contribution in [1.82, 2.24) is 0 Å². The Morgan fingerprint density at radius 3 is 2.53 bits per heavy atom. The summed E-state index contributed by atoms with van der Waals surface area (Å²) in [6.45, 7) is 0. The van der Waals surface area contributed by atoms with Gasteiger partial charge < -0.3 is 9.47 Å². The topological polar surface area (TPSA) is 35.5 Å². The van der Waals surface area contributed by atoms with Crippen LogP contribution in [0.5, 0.6) is 11.5 Å². The molecule has 3 nitrogen and oxygen atoms in total. The molecule has 17 heavy (non-hydrogen) atoms. The molecule has 0 aliphatic carbocycles. The van der Waals surface area contributed by atoms with Crippen LogP contribution in [0.25, 0.3) is 6.08 Å². The summed E-state index contributed by atoms with van der Waals surface area (Å²) in [6.07, 6.45) is 5.43. The van der Waals surface area contributed by atoms with Gasteiger partial charge in [0.2, 0.25) is 0 Å². The summed E-state index contributed by atoms with van der Waals surface area (Å²) in [6, 6.07) is 5.62. The van der Waals surface area contributed by atoms with Crippen LogP contribution in [0, 0.1) is 0 Å². The van der Waals surface area contributed by atoms with Crippen molar-refractivity contribution < 1.29 is 13.7 Å². The first-order chi connectivity index (χ1) is 8.13. The Hall–Kier alpha value is -0.940. The van der Waals surface area contributed by atoms with Gasteiger partial charge in [0.05, 0.1) is 29.3 Å². The second-order valence-corrected chi connectivity index (χ2v) is 5.66. The number of hydrogen-bond acceptors (Lipinski definition) is 4. The summed E-state index contributed by atoms with van der Waals surface area (Å²) in [5.74, 6) is 1.33. The molecule has 94 valence electrons. The highest BCUT2D eigenvalue weighted by molar-refractivity contribution is 8.16. The minimum absolute atomic E-state index is 0.659. The van der Waals surface area contributed by atoms with E-state index in [9.17, 15) is 4.21 Å². The zero-order chi connectivity index (χ0) is 12.8. The highest BCUT2D eigenvalue weighted by Gasteiger charge is 2.09. The van der Waals surface area contributed by atoms with E-state index in [0.717, 1.165) is 9.80 Å². The smallest absolute Gasteiger partial charge is 0.167 e. The van der Waals surface area contributed by atoms with Crippen LogP contribution in [-0.4, -0.2) is 30.9 Å². The molecule has 0 saturated carbocycles. The monoisotopic (exact) mass is 272 g/mol. The Morgan fingerprint density at radius 1 is 1.35 bits per heavy atom. The highest BCUT2D eigenvalue weighted by Crippen LogP contribution is 2.33. The lowest BCUT2D eigenvalue weighted by Crippen LogP contribution is -1.94. The minimum atomic E-state index is -0.995. The van der Waals surface area contributed by atoms with E-state index in [0.29, 0.717) is 11.5 Å². The van der Waals surface area contributed by atoms with Gasteiger partial charge in [-0.25, -0.2) is 0 Å². The van der Waals surface area contributed by atoms with Gasteiger partial charge in [-0.2, -0.15) is 0 Å². The van der Waals surface area contributed by atoms with Crippen molar-refractivity contribution in [1.29, 1.82) is 0 Å². The molecule has 1 aromatic rings. The zero-order valence-corrected chi connectivity index (χ0v) is 12.0. The molecule has 0 aromatic heterocycles. The summed E-state index contributed by atoms with van der Waals surface area (Å²) < 4.78 is 22.8. The lowest BCUT2D eigenvalue weighted by atomic mass is 10.2. The first kappa shape index (κ1) is 14.1. The number of benzene rings is 1. The van der Waals surface area contributed by atoms with Crippen LogP contribution in [0.1, 0.15) is 5.56 Å². The van der Waals surface area contributed by atoms with Crippen LogP contribution in [0.3, 0.4) is 0 Å². The van der Waals surface area contributed by atoms with Gasteiger partial charge in [-0.1, -0.05) is 12.1 Å². The van der Waals surface area contributed by atoms with Gasteiger partial charge in [-0.15, -0.1) is 11.8 Å². The van der Waals surface area contributed by atoms with Crippen molar-refractivity contribution in [2.45, 2.75) is 0 Å². The van der Waals surface area contributed by atoms with Gasteiger partial charge >= 0.3 is 0 Å². The number of ether oxygens (including phenoxy) is 2. The van der Waals surface area contributed by atoms with Crippen LogP contribution < -0.4 is 9.47 Å². The van der Waals surface area contributed by atoms with E-state index in [1.165, 1.54) is 11.8 Å². The van der Waals surface area contributed by atoms with Crippen LogP contribution in [0.15, 0.2) is 22.4 Å². The first-order valence-electron chi connectivity index (χ1n) is 4.94. The molecule has 0 N–H and O–H groups in total. The third-order valence-electron chi connectivity index (χ3n) is 2.19. The lowest BCUT2D eigenvalue weighted by Gasteiger charge is -2.10. The van der Waals surface area contributed by atoms with Gasteiger partial charge in [0.15, 0.2) is 11.5 Å². The fraction of sp³-hybridized carbons (Fsp3) is 0.333. The van der Waals surface area contributed by atoms with Gasteiger partial charge in [0.1, 0.15) is 0 Å². The maximum Gasteiger partial charge on any atom is 0.167 e. The Balaban J connectivity index is 3.26. The summed E-state index contributed by atoms with van der Waals surface area (Å²) in [7, 11) is 2.20. The van der Waals surface area contributed by atoms with E-state index in [4.69, 9.17) is 9.47 Å². The normalized spacial score (nSPS) is 13.3. The summed E-state index contributed by atoms with van der Waals surface area (Å²) in [4.78, 5) is 0. The number of thioether (sulfide) groups is 1. The van der Waals surface area contributed by atoms with Crippen LogP contribution >= 0.6 is 11.8 Å². The largest absolute Gasteiger partial charge is 0.493 e. The van der Waals surface area contributed by atoms with Gasteiger partial charge in [0, 0.05) is 11.8 Å². The minimum Gasteiger partial charge on any atom is -0.493 e. The Morgan fingerprint density at radius 2 is 2.06 bits per heavy atom. The fourth-order valence-electron chi connectivity index (χ4n) is 1.41. The fourth-order valence-corrected chi connectivity index (χ4v) is 2.89. The van der Waals surface area contributed by atoms with Crippen LogP contribution in [-0.2, 0) is 10.8 Å². The van der Waals surface area contributed by atoms with Gasteiger partial charge in [0.25, 0.3) is 0 Å². The molecule has 0 radical (unpaired) electrons. The van der Waals surface area contributed by atoms with Crippen LogP contribution in [0.4, 0.5) is 0 Å². The maximum absolute atomic E-state index is 11.5. The summed E-state index contributed by atoms with van der Waals surface area (Å²) in [5, 5.41) is 0. The number of para-hydroxylation sites is 1. The molecule has 1 rings (SSSR count). The first-order valence-corrected chi connectivity index (χ1v) is 7.72. The van der Waals surface area contributed by atoms with Gasteiger partial charge in [-0.3, -0.25) is 4.21 Å². The van der Waals surface area contributed by atoms with E-state index in [-0.39, 0.29) is 0 Å². The quantitative estimate of drug-likeness (QED) is 0.825. The lowest BCUT2D eigenvalue weighted by molar-refractivity contribution is 0.354. The third kappa shape index (κ3) is 3.51. The molecule has 1 atom stereocenters. The molecule has 0 aliphatic rings. The molecule has 0 bridgehead atoms. The molecule has 0 spiro atoms. The van der Waals surface area contributed by atoms with Crippen molar-refractivity contribution in [3.63, 3.8) is 0 Å². The molecular formula is C12H16O3S2. The molecule has 1 aromatic carbocycles. The number of rotatable bonds is 5. The van der Waals surface area contributed by atoms with E-state index >= 15 is 0 Å². The molecule has 0 fully saturated rings. The van der Waals surface area contributed by atoms with E-state index in [2.05, 4.69) is 0 Å². The molecule has 0 amide bonds. The van der Waals surface area contributed by atoms with Gasteiger partial charge in [-0.05, 0) is 18.4 Å². The van der Waals surface area contributed by atoms with Crippen molar-refractivity contribution in [3.05, 3.63) is 28.0 Å². The van der Waals surface area contributed by atoms with Crippen molar-refractivity contribution in [3.8, 4) is 11.5 Å². The van der Waals surface area contributed by atoms with Crippen molar-refractivity contribution in [2.24, 2.45) is 0 Å². The standard InChI is InChI=1S/C12H16O3S2/c1-14-10-7-5-6-9(12(10)15-2)8-11(16-3)17(4)13/h5-8H,1-4H3/b11-8-. The van der Waals surface area contributed by atoms with Crippen LogP contribution in [0.2, 0.25) is 0 Å². The Kier molecular flexibility index (Phi) is 5.58. The van der Waals surface area contributed by atoms with E-state index in [1.54, 1.807) is 20.5 Å². The maximum atomic E-state index is 11.5. The predicted molar refractivity (Wildman–Crippen MR) is 75.1 cm³/mol. The number of hydrogen-bond donors (Lipinski definition) is 0. The molecule has 0 heterocycles. The third-order valence-corrected chi connectivity index (χ3v) is 4.60. The second kappa shape index (κ2) is 6.71. The van der Waals surface area contributed by atoms with E-state index in [1.807, 2.05) is 30.5 Å². The summed E-state index contributed by atoms with van der Waals surface area (Å²) in [5.41, 5.74) is 0.867. The molecule has 1 unspecified atom stereocenters. The SMILES string of the molecule is COc1cccc(/C=C(/SC)S(C)=O)c1OC.